The quantitative estimate of drug-likeness (QED) is 0.495. The lowest BCUT2D eigenvalue weighted by molar-refractivity contribution is -0.136. The van der Waals surface area contributed by atoms with Gasteiger partial charge in [-0.15, -0.1) is 0 Å². The van der Waals surface area contributed by atoms with Gasteiger partial charge in [0.2, 0.25) is 0 Å². The number of likely N-dealkylation sites (tertiary alicyclic amines) is 2. The zero-order valence-corrected chi connectivity index (χ0v) is 7.79. The van der Waals surface area contributed by atoms with Gasteiger partial charge in [-0.2, -0.15) is 0 Å². The molecule has 2 heterocycles. The van der Waals surface area contributed by atoms with E-state index in [4.69, 9.17) is 0 Å². The molecule has 0 aromatic rings. The summed E-state index contributed by atoms with van der Waals surface area (Å²) in [7, 11) is 4.22. The molecule has 0 aromatic carbocycles. The van der Waals surface area contributed by atoms with Crippen molar-refractivity contribution in [2.45, 2.75) is 0 Å². The summed E-state index contributed by atoms with van der Waals surface area (Å²) < 4.78 is 0. The normalized spacial score (nSPS) is 38.7. The van der Waals surface area contributed by atoms with Gasteiger partial charge in [-0.3, -0.25) is 4.79 Å². The van der Waals surface area contributed by atoms with Gasteiger partial charge in [0.15, 0.2) is 0 Å². The molecule has 2 aliphatic rings. The van der Waals surface area contributed by atoms with E-state index < -0.39 is 0 Å². The number of carbonyl (C=O) groups is 1. The number of carbonyl (C=O) groups excluding carboxylic acids is 1. The Kier molecular flexibility index (Phi) is 1.93. The molecule has 0 aromatic heterocycles. The SMILES string of the molecule is CN1CC2CN(C)CC(C1)C2=O. The van der Waals surface area contributed by atoms with Crippen molar-refractivity contribution in [2.75, 3.05) is 40.3 Å². The standard InChI is InChI=1S/C9H16N2O/c1-10-3-7-5-11(2)6-8(4-10)9(7)12/h7-8H,3-6H2,1-2H3. The summed E-state index contributed by atoms with van der Waals surface area (Å²) in [5, 5.41) is 0. The van der Waals surface area contributed by atoms with Crippen LogP contribution in [0.25, 0.3) is 0 Å². The van der Waals surface area contributed by atoms with Crippen molar-refractivity contribution in [3.63, 3.8) is 0 Å². The summed E-state index contributed by atoms with van der Waals surface area (Å²) in [6, 6.07) is 0. The minimum absolute atomic E-state index is 0.285. The molecule has 0 saturated carbocycles. The Hall–Kier alpha value is -0.410. The topological polar surface area (TPSA) is 23.6 Å². The maximum Gasteiger partial charge on any atom is 0.144 e. The highest BCUT2D eigenvalue weighted by Crippen LogP contribution is 2.23. The predicted octanol–water partition coefficient (Wildman–Crippen LogP) is -0.321. The first-order chi connectivity index (χ1) is 5.66. The fourth-order valence-electron chi connectivity index (χ4n) is 2.46. The highest BCUT2D eigenvalue weighted by Gasteiger charge is 2.38. The third-order valence-corrected chi connectivity index (χ3v) is 2.93. The van der Waals surface area contributed by atoms with Gasteiger partial charge in [0.25, 0.3) is 0 Å². The van der Waals surface area contributed by atoms with Gasteiger partial charge < -0.3 is 9.80 Å². The molecule has 0 spiro atoms. The van der Waals surface area contributed by atoms with Crippen LogP contribution in [0.2, 0.25) is 0 Å². The van der Waals surface area contributed by atoms with E-state index in [1.54, 1.807) is 0 Å². The van der Waals surface area contributed by atoms with Crippen LogP contribution in [-0.4, -0.2) is 55.9 Å². The molecule has 3 heteroatoms. The molecule has 68 valence electrons. The van der Waals surface area contributed by atoms with E-state index >= 15 is 0 Å². The first-order valence-electron chi connectivity index (χ1n) is 4.57. The lowest BCUT2D eigenvalue weighted by atomic mass is 9.84. The summed E-state index contributed by atoms with van der Waals surface area (Å²) in [6.45, 7) is 3.83. The Morgan fingerprint density at radius 1 is 1.00 bits per heavy atom. The maximum atomic E-state index is 11.6. The fraction of sp³-hybridized carbons (Fsp3) is 0.889. The van der Waals surface area contributed by atoms with Gasteiger partial charge in [0, 0.05) is 38.0 Å². The number of piperidine rings is 2. The summed E-state index contributed by atoms with van der Waals surface area (Å²) in [5.74, 6) is 1.08. The van der Waals surface area contributed by atoms with Crippen LogP contribution in [0.3, 0.4) is 0 Å². The van der Waals surface area contributed by atoms with Gasteiger partial charge in [-0.25, -0.2) is 0 Å². The number of ketones is 1. The molecule has 0 aliphatic carbocycles. The molecular formula is C9H16N2O. The molecule has 2 fully saturated rings. The Morgan fingerprint density at radius 2 is 1.33 bits per heavy atom. The second kappa shape index (κ2) is 2.82. The van der Waals surface area contributed by atoms with E-state index in [2.05, 4.69) is 23.9 Å². The Morgan fingerprint density at radius 3 is 1.67 bits per heavy atom. The van der Waals surface area contributed by atoms with E-state index in [0.29, 0.717) is 5.78 Å². The summed E-state index contributed by atoms with van der Waals surface area (Å²) in [5.41, 5.74) is 0. The van der Waals surface area contributed by atoms with E-state index in [1.807, 2.05) is 0 Å². The van der Waals surface area contributed by atoms with Crippen molar-refractivity contribution in [3.8, 4) is 0 Å². The minimum atomic E-state index is 0.285. The van der Waals surface area contributed by atoms with Crippen LogP contribution in [-0.2, 0) is 4.79 Å². The largest absolute Gasteiger partial charge is 0.305 e. The van der Waals surface area contributed by atoms with E-state index in [9.17, 15) is 4.79 Å². The molecule has 2 bridgehead atoms. The minimum Gasteiger partial charge on any atom is -0.305 e. The van der Waals surface area contributed by atoms with Gasteiger partial charge >= 0.3 is 0 Å². The third kappa shape index (κ3) is 1.27. The van der Waals surface area contributed by atoms with Crippen molar-refractivity contribution in [3.05, 3.63) is 0 Å². The van der Waals surface area contributed by atoms with Gasteiger partial charge in [0.1, 0.15) is 5.78 Å². The van der Waals surface area contributed by atoms with Crippen LogP contribution >= 0.6 is 0 Å². The summed E-state index contributed by atoms with van der Waals surface area (Å²) in [4.78, 5) is 16.2. The highest BCUT2D eigenvalue weighted by atomic mass is 16.1. The molecule has 0 radical (unpaired) electrons. The van der Waals surface area contributed by atoms with Crippen LogP contribution in [0.5, 0.6) is 0 Å². The van der Waals surface area contributed by atoms with E-state index in [1.165, 1.54) is 0 Å². The predicted molar refractivity (Wildman–Crippen MR) is 47.0 cm³/mol. The average Bonchev–Trinajstić information content (AvgIpc) is 1.94. The first-order valence-corrected chi connectivity index (χ1v) is 4.57. The number of Topliss-reactive ketones (excluding diaryl/α,β-unsaturated/α-hetero) is 1. The molecule has 0 unspecified atom stereocenters. The van der Waals surface area contributed by atoms with Crippen molar-refractivity contribution in [1.29, 1.82) is 0 Å². The van der Waals surface area contributed by atoms with Crippen molar-refractivity contribution < 1.29 is 4.79 Å². The molecular weight excluding hydrogens is 152 g/mol. The van der Waals surface area contributed by atoms with Gasteiger partial charge in [0.05, 0.1) is 0 Å². The molecule has 2 aliphatic heterocycles. The van der Waals surface area contributed by atoms with Crippen molar-refractivity contribution >= 4 is 5.78 Å². The highest BCUT2D eigenvalue weighted by molar-refractivity contribution is 5.85. The molecule has 0 amide bonds. The first kappa shape index (κ1) is 8.20. The van der Waals surface area contributed by atoms with Gasteiger partial charge in [-0.1, -0.05) is 0 Å². The Balaban J connectivity index is 2.13. The zero-order valence-electron chi connectivity index (χ0n) is 7.79. The zero-order chi connectivity index (χ0) is 8.72. The number of nitrogens with zero attached hydrogens (tertiary/aromatic N) is 2. The smallest absolute Gasteiger partial charge is 0.144 e. The van der Waals surface area contributed by atoms with E-state index in [0.717, 1.165) is 26.2 Å². The second-order valence-electron chi connectivity index (χ2n) is 4.24. The number of fused-ring (bicyclic) bond motifs is 2. The molecule has 12 heavy (non-hydrogen) atoms. The van der Waals surface area contributed by atoms with Crippen LogP contribution in [0.1, 0.15) is 0 Å². The maximum absolute atomic E-state index is 11.6. The van der Waals surface area contributed by atoms with Gasteiger partial charge in [-0.05, 0) is 14.1 Å². The Labute approximate surface area is 73.3 Å². The lowest BCUT2D eigenvalue weighted by Gasteiger charge is -2.42. The second-order valence-corrected chi connectivity index (χ2v) is 4.24. The van der Waals surface area contributed by atoms with Crippen LogP contribution in [0, 0.1) is 11.8 Å². The van der Waals surface area contributed by atoms with Crippen LogP contribution in [0.15, 0.2) is 0 Å². The molecule has 0 N–H and O–H groups in total. The van der Waals surface area contributed by atoms with Crippen molar-refractivity contribution in [2.24, 2.45) is 11.8 Å². The Bertz CT molecular complexity index is 173. The summed E-state index contributed by atoms with van der Waals surface area (Å²) >= 11 is 0. The van der Waals surface area contributed by atoms with Crippen LogP contribution < -0.4 is 0 Å². The molecule has 2 rings (SSSR count). The van der Waals surface area contributed by atoms with Crippen LogP contribution in [0.4, 0.5) is 0 Å². The number of hydrogen-bond acceptors (Lipinski definition) is 3. The monoisotopic (exact) mass is 168 g/mol. The molecule has 0 atom stereocenters. The number of rotatable bonds is 0. The van der Waals surface area contributed by atoms with E-state index in [-0.39, 0.29) is 11.8 Å². The lowest BCUT2D eigenvalue weighted by Crippen LogP contribution is -2.56. The fourth-order valence-corrected chi connectivity index (χ4v) is 2.46. The number of hydrogen-bond donors (Lipinski definition) is 0. The summed E-state index contributed by atoms with van der Waals surface area (Å²) in [6.07, 6.45) is 0. The average molecular weight is 168 g/mol. The van der Waals surface area contributed by atoms with Crippen molar-refractivity contribution in [1.82, 2.24) is 9.80 Å². The third-order valence-electron chi connectivity index (χ3n) is 2.93. The molecule has 2 saturated heterocycles. The molecule has 3 nitrogen and oxygen atoms in total.